The number of esters is 4. The lowest BCUT2D eigenvalue weighted by molar-refractivity contribution is -0.161. The van der Waals surface area contributed by atoms with Crippen molar-refractivity contribution < 1.29 is 80.2 Å². The molecule has 3 N–H and O–H groups in total. The van der Waals surface area contributed by atoms with E-state index in [2.05, 4.69) is 72.8 Å². The molecule has 0 aromatic rings. The molecule has 0 aromatic carbocycles. The van der Waals surface area contributed by atoms with Crippen LogP contribution in [0.3, 0.4) is 0 Å². The molecule has 17 nitrogen and oxygen atoms in total. The highest BCUT2D eigenvalue weighted by molar-refractivity contribution is 7.47. The monoisotopic (exact) mass is 1220 g/mol. The molecular weight excluding hydrogens is 1100 g/mol. The lowest BCUT2D eigenvalue weighted by Gasteiger charge is -2.21. The zero-order valence-corrected chi connectivity index (χ0v) is 54.9. The zero-order valence-electron chi connectivity index (χ0n) is 53.1. The van der Waals surface area contributed by atoms with Crippen LogP contribution >= 0.6 is 15.6 Å². The zero-order chi connectivity index (χ0) is 61.7. The summed E-state index contributed by atoms with van der Waals surface area (Å²) >= 11 is 0. The van der Waals surface area contributed by atoms with Crippen molar-refractivity contribution in [3.63, 3.8) is 0 Å². The summed E-state index contributed by atoms with van der Waals surface area (Å²) in [6, 6.07) is 0. The molecule has 0 rings (SSSR count). The molecule has 0 radical (unpaired) electrons. The Morgan fingerprint density at radius 1 is 0.398 bits per heavy atom. The second-order valence-corrected chi connectivity index (χ2v) is 26.6. The van der Waals surface area contributed by atoms with Gasteiger partial charge >= 0.3 is 39.5 Å². The minimum absolute atomic E-state index is 0.0832. The molecule has 83 heavy (non-hydrogen) atoms. The molecule has 0 bridgehead atoms. The van der Waals surface area contributed by atoms with Gasteiger partial charge in [0.1, 0.15) is 19.3 Å². The molecule has 0 amide bonds. The Bertz CT molecular complexity index is 1740. The topological polar surface area (TPSA) is 237 Å². The number of phosphoric acid groups is 2. The fraction of sp³-hybridized carbons (Fsp3) is 0.875. The molecule has 0 aliphatic carbocycles. The van der Waals surface area contributed by atoms with E-state index in [0.717, 1.165) is 121 Å². The van der Waals surface area contributed by atoms with Crippen LogP contribution in [0.2, 0.25) is 0 Å². The van der Waals surface area contributed by atoms with Crippen molar-refractivity contribution in [3.05, 3.63) is 24.3 Å². The van der Waals surface area contributed by atoms with E-state index < -0.39 is 97.5 Å². The Balaban J connectivity index is 5.27. The number of aliphatic hydroxyl groups is 1. The molecule has 0 saturated heterocycles. The Kier molecular flexibility index (Phi) is 53.3. The molecule has 6 atom stereocenters. The molecule has 0 fully saturated rings. The van der Waals surface area contributed by atoms with Crippen molar-refractivity contribution in [1.82, 2.24) is 0 Å². The highest BCUT2D eigenvalue weighted by Crippen LogP contribution is 2.45. The second-order valence-electron chi connectivity index (χ2n) is 23.7. The fourth-order valence-corrected chi connectivity index (χ4v) is 10.5. The van der Waals surface area contributed by atoms with Gasteiger partial charge in [-0.2, -0.15) is 0 Å². The van der Waals surface area contributed by atoms with Crippen LogP contribution in [-0.2, 0) is 65.4 Å². The van der Waals surface area contributed by atoms with Crippen LogP contribution in [0.25, 0.3) is 0 Å². The first kappa shape index (κ1) is 80.5. The standard InChI is InChI=1S/C64H120O17P2/c1-8-10-11-12-13-14-15-16-17-18-19-20-21-33-40-47-63(68)80-59(51-75-62(67)46-39-32-27-24-30-37-44-57(7)9-2)53-78-82(70,71)76-49-58(65)50-77-83(72,73)79-54-60(81-64(69)48-41-34-26-23-29-36-43-56(5)6)52-74-61(66)45-38-31-25-22-28-35-42-55(3)4/h14-17,55-60,65H,8-13,18-54H2,1-7H3,(H,70,71)(H,72,73)/b15-14-,17-16-/t57?,58-,59-,60-/m1/s1. The van der Waals surface area contributed by atoms with Gasteiger partial charge in [-0.05, 0) is 69.1 Å². The molecule has 488 valence electrons. The van der Waals surface area contributed by atoms with E-state index in [0.29, 0.717) is 37.5 Å². The van der Waals surface area contributed by atoms with E-state index in [1.807, 2.05) is 0 Å². The summed E-state index contributed by atoms with van der Waals surface area (Å²) in [6.07, 6.45) is 38.8. The molecule has 0 heterocycles. The fourth-order valence-electron chi connectivity index (χ4n) is 8.91. The normalized spacial score (nSPS) is 14.9. The lowest BCUT2D eigenvalue weighted by Crippen LogP contribution is -2.30. The van der Waals surface area contributed by atoms with Gasteiger partial charge in [0.2, 0.25) is 0 Å². The molecule has 0 aliphatic heterocycles. The smallest absolute Gasteiger partial charge is 0.462 e. The third-order valence-corrected chi connectivity index (χ3v) is 16.3. The maximum Gasteiger partial charge on any atom is 0.472 e. The Labute approximate surface area is 503 Å². The van der Waals surface area contributed by atoms with Crippen molar-refractivity contribution in [2.45, 2.75) is 304 Å². The number of unbranched alkanes of at least 4 members (excludes halogenated alkanes) is 24. The quantitative estimate of drug-likeness (QED) is 0.0169. The van der Waals surface area contributed by atoms with Crippen LogP contribution in [0.5, 0.6) is 0 Å². The van der Waals surface area contributed by atoms with Crippen molar-refractivity contribution in [2.24, 2.45) is 17.8 Å². The van der Waals surface area contributed by atoms with E-state index in [-0.39, 0.29) is 25.7 Å². The van der Waals surface area contributed by atoms with Crippen molar-refractivity contribution in [3.8, 4) is 0 Å². The van der Waals surface area contributed by atoms with E-state index >= 15 is 0 Å². The lowest BCUT2D eigenvalue weighted by atomic mass is 10.00. The average molecular weight is 1220 g/mol. The Morgan fingerprint density at radius 3 is 1.07 bits per heavy atom. The summed E-state index contributed by atoms with van der Waals surface area (Å²) in [5, 5.41) is 10.5. The van der Waals surface area contributed by atoms with Crippen LogP contribution in [0.15, 0.2) is 24.3 Å². The van der Waals surface area contributed by atoms with Gasteiger partial charge in [-0.1, -0.05) is 233 Å². The minimum atomic E-state index is -4.95. The summed E-state index contributed by atoms with van der Waals surface area (Å²) in [6.45, 7) is 11.5. The summed E-state index contributed by atoms with van der Waals surface area (Å²) in [4.78, 5) is 72.1. The number of ether oxygens (including phenoxy) is 4. The first-order valence-corrected chi connectivity index (χ1v) is 35.7. The first-order chi connectivity index (χ1) is 39.8. The third-order valence-electron chi connectivity index (χ3n) is 14.4. The van der Waals surface area contributed by atoms with E-state index in [9.17, 15) is 43.2 Å². The molecule has 0 saturated carbocycles. The summed E-state index contributed by atoms with van der Waals surface area (Å²) < 4.78 is 67.9. The minimum Gasteiger partial charge on any atom is -0.462 e. The van der Waals surface area contributed by atoms with E-state index in [4.69, 9.17) is 37.0 Å². The van der Waals surface area contributed by atoms with Gasteiger partial charge < -0.3 is 33.8 Å². The molecule has 19 heteroatoms. The number of phosphoric ester groups is 2. The number of hydrogen-bond acceptors (Lipinski definition) is 15. The summed E-state index contributed by atoms with van der Waals surface area (Å²) in [5.74, 6) is -0.101. The second kappa shape index (κ2) is 54.9. The number of carbonyl (C=O) groups is 4. The van der Waals surface area contributed by atoms with Crippen LogP contribution in [0.4, 0.5) is 0 Å². The van der Waals surface area contributed by atoms with Gasteiger partial charge in [-0.3, -0.25) is 37.3 Å². The van der Waals surface area contributed by atoms with Gasteiger partial charge in [-0.15, -0.1) is 0 Å². The predicted octanol–water partition coefficient (Wildman–Crippen LogP) is 17.1. The van der Waals surface area contributed by atoms with Gasteiger partial charge in [0, 0.05) is 25.7 Å². The molecular formula is C64H120O17P2. The van der Waals surface area contributed by atoms with Gasteiger partial charge in [0.05, 0.1) is 26.4 Å². The highest BCUT2D eigenvalue weighted by atomic mass is 31.2. The van der Waals surface area contributed by atoms with Crippen molar-refractivity contribution in [2.75, 3.05) is 39.6 Å². The van der Waals surface area contributed by atoms with Crippen molar-refractivity contribution in [1.29, 1.82) is 0 Å². The molecule has 0 spiro atoms. The van der Waals surface area contributed by atoms with Crippen LogP contribution in [0, 0.1) is 17.8 Å². The number of carbonyl (C=O) groups excluding carboxylic acids is 4. The van der Waals surface area contributed by atoms with E-state index in [1.165, 1.54) is 70.6 Å². The molecule has 3 unspecified atom stereocenters. The number of rotatable bonds is 60. The van der Waals surface area contributed by atoms with Gasteiger partial charge in [0.15, 0.2) is 12.2 Å². The molecule has 0 aromatic heterocycles. The number of aliphatic hydroxyl groups excluding tert-OH is 1. The van der Waals surface area contributed by atoms with Crippen molar-refractivity contribution >= 4 is 39.5 Å². The highest BCUT2D eigenvalue weighted by Gasteiger charge is 2.30. The van der Waals surface area contributed by atoms with Crippen LogP contribution < -0.4 is 0 Å². The van der Waals surface area contributed by atoms with Crippen LogP contribution in [0.1, 0.15) is 286 Å². The summed E-state index contributed by atoms with van der Waals surface area (Å²) in [5.41, 5.74) is 0. The summed E-state index contributed by atoms with van der Waals surface area (Å²) in [7, 11) is -9.90. The maximum atomic E-state index is 13.0. The predicted molar refractivity (Wildman–Crippen MR) is 330 cm³/mol. The number of hydrogen-bond donors (Lipinski definition) is 3. The van der Waals surface area contributed by atoms with Gasteiger partial charge in [0.25, 0.3) is 0 Å². The maximum absolute atomic E-state index is 13.0. The Hall–Kier alpha value is -2.46. The average Bonchev–Trinajstić information content (AvgIpc) is 3.44. The third kappa shape index (κ3) is 57.1. The number of allylic oxidation sites excluding steroid dienone is 4. The first-order valence-electron chi connectivity index (χ1n) is 32.7. The largest absolute Gasteiger partial charge is 0.472 e. The van der Waals surface area contributed by atoms with Gasteiger partial charge in [-0.25, -0.2) is 9.13 Å². The molecule has 0 aliphatic rings. The Morgan fingerprint density at radius 2 is 0.711 bits per heavy atom. The SMILES string of the molecule is CCCCCC/C=C\C=C/CCCCCCCC(=O)O[C@H](COC(=O)CCCCCCCCC(C)CC)COP(=O)(O)OC[C@@H](O)COP(=O)(O)OC[C@@H](COC(=O)CCCCCCCCC(C)C)OC(=O)CCCCCCCCC(C)C. The van der Waals surface area contributed by atoms with E-state index in [1.54, 1.807) is 0 Å². The van der Waals surface area contributed by atoms with Crippen LogP contribution in [-0.4, -0.2) is 96.7 Å².